The van der Waals surface area contributed by atoms with E-state index in [4.69, 9.17) is 11.6 Å². The molecule has 1 heterocycles. The standard InChI is InChI=1S/C21H22ClF2N3O3/c22-17-5-1-3-15(11-17)14-26-7-9-27(10-8-26)19(28)13-25-20(29)16-4-2-6-18(12-16)30-21(23)24/h1-6,11-12,21H,7-10,13-14H2,(H,25,29). The van der Waals surface area contributed by atoms with Crippen molar-refractivity contribution in [2.45, 2.75) is 13.2 Å². The number of piperazine rings is 1. The molecule has 2 aromatic carbocycles. The maximum absolute atomic E-state index is 12.4. The minimum Gasteiger partial charge on any atom is -0.435 e. The number of hydrogen-bond acceptors (Lipinski definition) is 4. The largest absolute Gasteiger partial charge is 0.435 e. The molecule has 30 heavy (non-hydrogen) atoms. The van der Waals surface area contributed by atoms with Gasteiger partial charge in [0.25, 0.3) is 5.91 Å². The first-order chi connectivity index (χ1) is 14.4. The monoisotopic (exact) mass is 437 g/mol. The van der Waals surface area contributed by atoms with Crippen molar-refractivity contribution in [2.75, 3.05) is 32.7 Å². The van der Waals surface area contributed by atoms with Crippen molar-refractivity contribution in [3.8, 4) is 5.75 Å². The summed E-state index contributed by atoms with van der Waals surface area (Å²) in [7, 11) is 0. The summed E-state index contributed by atoms with van der Waals surface area (Å²) < 4.78 is 28.9. The Morgan fingerprint density at radius 1 is 1.07 bits per heavy atom. The van der Waals surface area contributed by atoms with Crippen molar-refractivity contribution in [1.82, 2.24) is 15.1 Å². The third-order valence-electron chi connectivity index (χ3n) is 4.74. The highest BCUT2D eigenvalue weighted by atomic mass is 35.5. The Bertz CT molecular complexity index is 889. The molecule has 2 amide bonds. The summed E-state index contributed by atoms with van der Waals surface area (Å²) in [6.45, 7) is 0.198. The first-order valence-electron chi connectivity index (χ1n) is 9.48. The highest BCUT2D eigenvalue weighted by Gasteiger charge is 2.21. The van der Waals surface area contributed by atoms with E-state index in [2.05, 4.69) is 15.0 Å². The van der Waals surface area contributed by atoms with Crippen molar-refractivity contribution in [1.29, 1.82) is 0 Å². The lowest BCUT2D eigenvalue weighted by Gasteiger charge is -2.34. The number of carbonyl (C=O) groups excluding carboxylic acids is 2. The molecule has 3 rings (SSSR count). The van der Waals surface area contributed by atoms with Gasteiger partial charge in [0, 0.05) is 43.3 Å². The highest BCUT2D eigenvalue weighted by molar-refractivity contribution is 6.30. The van der Waals surface area contributed by atoms with Crippen molar-refractivity contribution in [3.05, 3.63) is 64.7 Å². The average molecular weight is 438 g/mol. The number of alkyl halides is 2. The van der Waals surface area contributed by atoms with E-state index in [1.165, 1.54) is 24.3 Å². The predicted molar refractivity (Wildman–Crippen MR) is 109 cm³/mol. The van der Waals surface area contributed by atoms with Crippen LogP contribution in [0.5, 0.6) is 5.75 Å². The van der Waals surface area contributed by atoms with Crippen molar-refractivity contribution >= 4 is 23.4 Å². The molecule has 1 fully saturated rings. The molecule has 6 nitrogen and oxygen atoms in total. The van der Waals surface area contributed by atoms with Crippen LogP contribution in [-0.4, -0.2) is 60.9 Å². The first kappa shape index (κ1) is 22.0. The molecule has 0 bridgehead atoms. The van der Waals surface area contributed by atoms with Gasteiger partial charge in [0.1, 0.15) is 5.75 Å². The van der Waals surface area contributed by atoms with E-state index in [1.54, 1.807) is 4.90 Å². The summed E-state index contributed by atoms with van der Waals surface area (Å²) in [6.07, 6.45) is 0. The first-order valence-corrected chi connectivity index (χ1v) is 9.86. The molecule has 1 aliphatic heterocycles. The Morgan fingerprint density at radius 2 is 1.80 bits per heavy atom. The lowest BCUT2D eigenvalue weighted by molar-refractivity contribution is -0.131. The minimum absolute atomic E-state index is 0.111. The van der Waals surface area contributed by atoms with Crippen LogP contribution in [0, 0.1) is 0 Å². The molecule has 0 unspecified atom stereocenters. The van der Waals surface area contributed by atoms with E-state index in [-0.39, 0.29) is 23.8 Å². The van der Waals surface area contributed by atoms with Gasteiger partial charge >= 0.3 is 6.61 Å². The van der Waals surface area contributed by atoms with Gasteiger partial charge in [-0.05, 0) is 35.9 Å². The number of ether oxygens (including phenoxy) is 1. The number of rotatable bonds is 7. The molecule has 1 aliphatic rings. The van der Waals surface area contributed by atoms with Gasteiger partial charge in [-0.15, -0.1) is 0 Å². The quantitative estimate of drug-likeness (QED) is 0.723. The average Bonchev–Trinajstić information content (AvgIpc) is 2.72. The summed E-state index contributed by atoms with van der Waals surface area (Å²) in [6, 6.07) is 13.1. The van der Waals surface area contributed by atoms with Crippen LogP contribution in [0.3, 0.4) is 0 Å². The molecule has 0 aliphatic carbocycles. The van der Waals surface area contributed by atoms with Crippen LogP contribution >= 0.6 is 11.6 Å². The normalized spacial score (nSPS) is 14.6. The summed E-state index contributed by atoms with van der Waals surface area (Å²) in [5.41, 5.74) is 1.26. The number of carbonyl (C=O) groups is 2. The molecular formula is C21H22ClF2N3O3. The van der Waals surface area contributed by atoms with E-state index >= 15 is 0 Å². The van der Waals surface area contributed by atoms with Crippen LogP contribution in [-0.2, 0) is 11.3 Å². The molecule has 9 heteroatoms. The van der Waals surface area contributed by atoms with Gasteiger partial charge in [-0.25, -0.2) is 0 Å². The molecule has 2 aromatic rings. The van der Waals surface area contributed by atoms with Gasteiger partial charge in [-0.3, -0.25) is 14.5 Å². The molecular weight excluding hydrogens is 416 g/mol. The molecule has 0 saturated carbocycles. The van der Waals surface area contributed by atoms with Crippen molar-refractivity contribution < 1.29 is 23.1 Å². The zero-order valence-electron chi connectivity index (χ0n) is 16.2. The van der Waals surface area contributed by atoms with Gasteiger partial charge in [0.05, 0.1) is 6.54 Å². The molecule has 0 radical (unpaired) electrons. The second-order valence-corrected chi connectivity index (χ2v) is 7.31. The fourth-order valence-electron chi connectivity index (χ4n) is 3.23. The Morgan fingerprint density at radius 3 is 2.50 bits per heavy atom. The van der Waals surface area contributed by atoms with Crippen LogP contribution in [0.1, 0.15) is 15.9 Å². The van der Waals surface area contributed by atoms with Gasteiger partial charge in [0.2, 0.25) is 5.91 Å². The Kier molecular flexibility index (Phi) is 7.59. The van der Waals surface area contributed by atoms with Crippen LogP contribution in [0.2, 0.25) is 5.02 Å². The van der Waals surface area contributed by atoms with E-state index < -0.39 is 12.5 Å². The molecule has 0 spiro atoms. The Labute approximate surface area is 178 Å². The number of benzene rings is 2. The zero-order valence-corrected chi connectivity index (χ0v) is 16.9. The molecule has 0 aromatic heterocycles. The fourth-order valence-corrected chi connectivity index (χ4v) is 3.45. The maximum atomic E-state index is 12.4. The van der Waals surface area contributed by atoms with Gasteiger partial charge in [0.15, 0.2) is 0 Å². The third kappa shape index (κ3) is 6.40. The number of nitrogens with one attached hydrogen (secondary N) is 1. The van der Waals surface area contributed by atoms with E-state index in [0.717, 1.165) is 25.2 Å². The van der Waals surface area contributed by atoms with E-state index in [0.29, 0.717) is 18.1 Å². The summed E-state index contributed by atoms with van der Waals surface area (Å²) in [5.74, 6) is -0.826. The van der Waals surface area contributed by atoms with Crippen LogP contribution in [0.4, 0.5) is 8.78 Å². The molecule has 0 atom stereocenters. The molecule has 1 N–H and O–H groups in total. The Hall–Kier alpha value is -2.71. The summed E-state index contributed by atoms with van der Waals surface area (Å²) in [4.78, 5) is 28.6. The second kappa shape index (κ2) is 10.4. The van der Waals surface area contributed by atoms with Gasteiger partial charge in [-0.1, -0.05) is 29.8 Å². The smallest absolute Gasteiger partial charge is 0.387 e. The number of halogens is 3. The van der Waals surface area contributed by atoms with Crippen LogP contribution in [0.15, 0.2) is 48.5 Å². The summed E-state index contributed by atoms with van der Waals surface area (Å²) in [5, 5.41) is 3.23. The third-order valence-corrected chi connectivity index (χ3v) is 4.98. The highest BCUT2D eigenvalue weighted by Crippen LogP contribution is 2.16. The van der Waals surface area contributed by atoms with E-state index in [9.17, 15) is 18.4 Å². The molecule has 1 saturated heterocycles. The van der Waals surface area contributed by atoms with Crippen LogP contribution < -0.4 is 10.1 Å². The van der Waals surface area contributed by atoms with Crippen molar-refractivity contribution in [3.63, 3.8) is 0 Å². The number of hydrogen-bond donors (Lipinski definition) is 1. The van der Waals surface area contributed by atoms with Crippen LogP contribution in [0.25, 0.3) is 0 Å². The topological polar surface area (TPSA) is 61.9 Å². The Balaban J connectivity index is 1.44. The summed E-state index contributed by atoms with van der Waals surface area (Å²) >= 11 is 6.02. The SMILES string of the molecule is O=C(NCC(=O)N1CCN(Cc2cccc(Cl)c2)CC1)c1cccc(OC(F)F)c1. The minimum atomic E-state index is -2.97. The number of amides is 2. The van der Waals surface area contributed by atoms with Gasteiger partial charge in [-0.2, -0.15) is 8.78 Å². The predicted octanol–water partition coefficient (Wildman–Crippen LogP) is 3.02. The second-order valence-electron chi connectivity index (χ2n) is 6.88. The maximum Gasteiger partial charge on any atom is 0.387 e. The number of nitrogens with zero attached hydrogens (tertiary/aromatic N) is 2. The zero-order chi connectivity index (χ0) is 21.5. The fraction of sp³-hybridized carbons (Fsp3) is 0.333. The lowest BCUT2D eigenvalue weighted by atomic mass is 10.2. The van der Waals surface area contributed by atoms with E-state index in [1.807, 2.05) is 24.3 Å². The van der Waals surface area contributed by atoms with Gasteiger partial charge < -0.3 is 15.0 Å². The molecule has 160 valence electrons. The van der Waals surface area contributed by atoms with Crippen molar-refractivity contribution in [2.24, 2.45) is 0 Å². The lowest BCUT2D eigenvalue weighted by Crippen LogP contribution is -2.50.